The second-order valence-corrected chi connectivity index (χ2v) is 5.51. The van der Waals surface area contributed by atoms with Crippen LogP contribution in [0.5, 0.6) is 5.75 Å². The van der Waals surface area contributed by atoms with E-state index in [1.54, 1.807) is 43.4 Å². The number of halogens is 1. The van der Waals surface area contributed by atoms with Crippen LogP contribution in [-0.2, 0) is 9.53 Å². The summed E-state index contributed by atoms with van der Waals surface area (Å²) in [5, 5.41) is 0. The Morgan fingerprint density at radius 2 is 1.76 bits per heavy atom. The number of carbonyl (C=O) groups is 2. The highest BCUT2D eigenvalue weighted by molar-refractivity contribution is 5.92. The first kappa shape index (κ1) is 18.4. The Hall–Kier alpha value is -2.89. The Morgan fingerprint density at radius 3 is 2.40 bits per heavy atom. The van der Waals surface area contributed by atoms with E-state index >= 15 is 0 Å². The summed E-state index contributed by atoms with van der Waals surface area (Å²) in [6.45, 7) is 1.61. The van der Waals surface area contributed by atoms with Gasteiger partial charge in [0.1, 0.15) is 17.1 Å². The summed E-state index contributed by atoms with van der Waals surface area (Å²) in [7, 11) is 2.92. The van der Waals surface area contributed by atoms with Gasteiger partial charge in [-0.3, -0.25) is 4.79 Å². The molecule has 0 bridgehead atoms. The van der Waals surface area contributed by atoms with E-state index in [9.17, 15) is 14.0 Å². The summed E-state index contributed by atoms with van der Waals surface area (Å²) in [6.07, 6.45) is 0. The number of likely N-dealkylation sites (N-methyl/N-ethyl adjacent to an activating group) is 1. The first-order valence-corrected chi connectivity index (χ1v) is 7.75. The average molecular weight is 345 g/mol. The molecule has 0 N–H and O–H groups in total. The van der Waals surface area contributed by atoms with Gasteiger partial charge < -0.3 is 14.4 Å². The summed E-state index contributed by atoms with van der Waals surface area (Å²) in [5.41, 5.74) is 1.07. The van der Waals surface area contributed by atoms with E-state index in [1.807, 2.05) is 6.92 Å². The van der Waals surface area contributed by atoms with Crippen molar-refractivity contribution in [2.24, 2.45) is 0 Å². The van der Waals surface area contributed by atoms with Crippen LogP contribution in [0.3, 0.4) is 0 Å². The average Bonchev–Trinajstić information content (AvgIpc) is 2.65. The third-order valence-corrected chi connectivity index (χ3v) is 3.97. The molecule has 132 valence electrons. The molecular weight excluding hydrogens is 325 g/mol. The van der Waals surface area contributed by atoms with Crippen molar-refractivity contribution in [3.05, 3.63) is 65.5 Å². The normalized spacial score (nSPS) is 11.5. The molecule has 0 aromatic heterocycles. The Kier molecular flexibility index (Phi) is 6.11. The highest BCUT2D eigenvalue weighted by Crippen LogP contribution is 2.21. The van der Waals surface area contributed by atoms with Crippen molar-refractivity contribution in [3.8, 4) is 5.75 Å². The van der Waals surface area contributed by atoms with Gasteiger partial charge in [-0.1, -0.05) is 24.3 Å². The van der Waals surface area contributed by atoms with Crippen molar-refractivity contribution in [1.29, 1.82) is 0 Å². The maximum Gasteiger partial charge on any atom is 0.341 e. The highest BCUT2D eigenvalue weighted by Gasteiger charge is 2.19. The number of methoxy groups -OCH3 is 1. The molecule has 0 fully saturated rings. The predicted molar refractivity (Wildman–Crippen MR) is 90.9 cm³/mol. The topological polar surface area (TPSA) is 55.8 Å². The molecule has 0 heterocycles. The predicted octanol–water partition coefficient (Wildman–Crippen LogP) is 3.21. The largest absolute Gasteiger partial charge is 0.483 e. The zero-order chi connectivity index (χ0) is 18.4. The number of para-hydroxylation sites is 1. The number of benzene rings is 2. The summed E-state index contributed by atoms with van der Waals surface area (Å²) in [6, 6.07) is 12.3. The fourth-order valence-corrected chi connectivity index (χ4v) is 2.29. The molecule has 1 atom stereocenters. The molecule has 0 aliphatic heterocycles. The lowest BCUT2D eigenvalue weighted by atomic mass is 10.1. The molecule has 25 heavy (non-hydrogen) atoms. The van der Waals surface area contributed by atoms with Crippen LogP contribution in [0.25, 0.3) is 0 Å². The SMILES string of the molecule is COC(=O)c1ccccc1OCC(=O)N(C)[C@H](C)c1ccc(F)cc1. The molecule has 2 aromatic rings. The number of esters is 1. The van der Waals surface area contributed by atoms with Gasteiger partial charge in [0.05, 0.1) is 13.2 Å². The van der Waals surface area contributed by atoms with Gasteiger partial charge in [-0.05, 0) is 36.8 Å². The number of carbonyl (C=O) groups excluding carboxylic acids is 2. The lowest BCUT2D eigenvalue weighted by Crippen LogP contribution is -2.33. The molecule has 1 amide bonds. The van der Waals surface area contributed by atoms with E-state index in [0.717, 1.165) is 5.56 Å². The van der Waals surface area contributed by atoms with E-state index in [4.69, 9.17) is 9.47 Å². The third-order valence-electron chi connectivity index (χ3n) is 3.97. The van der Waals surface area contributed by atoms with Gasteiger partial charge in [0, 0.05) is 7.05 Å². The second-order valence-electron chi connectivity index (χ2n) is 5.51. The van der Waals surface area contributed by atoms with Crippen LogP contribution in [-0.4, -0.2) is 37.5 Å². The Labute approximate surface area is 146 Å². The lowest BCUT2D eigenvalue weighted by molar-refractivity contribution is -0.134. The fraction of sp³-hybridized carbons (Fsp3) is 0.263. The van der Waals surface area contributed by atoms with Crippen LogP contribution in [0.2, 0.25) is 0 Å². The van der Waals surface area contributed by atoms with Crippen LogP contribution in [0, 0.1) is 5.82 Å². The number of hydrogen-bond donors (Lipinski definition) is 0. The number of amides is 1. The highest BCUT2D eigenvalue weighted by atomic mass is 19.1. The van der Waals surface area contributed by atoms with E-state index < -0.39 is 5.97 Å². The van der Waals surface area contributed by atoms with Crippen molar-refractivity contribution < 1.29 is 23.5 Å². The van der Waals surface area contributed by atoms with Crippen molar-refractivity contribution in [3.63, 3.8) is 0 Å². The minimum Gasteiger partial charge on any atom is -0.483 e. The molecular formula is C19H20FNO4. The van der Waals surface area contributed by atoms with Crippen molar-refractivity contribution >= 4 is 11.9 Å². The number of rotatable bonds is 6. The molecule has 2 rings (SSSR count). The molecule has 0 saturated carbocycles. The molecule has 0 radical (unpaired) electrons. The zero-order valence-electron chi connectivity index (χ0n) is 14.4. The van der Waals surface area contributed by atoms with E-state index in [0.29, 0.717) is 0 Å². The maximum atomic E-state index is 13.0. The van der Waals surface area contributed by atoms with E-state index in [1.165, 1.54) is 24.1 Å². The Morgan fingerprint density at radius 1 is 1.12 bits per heavy atom. The standard InChI is InChI=1S/C19H20FNO4/c1-13(14-8-10-15(20)11-9-14)21(2)18(22)12-25-17-7-5-4-6-16(17)19(23)24-3/h4-11,13H,12H2,1-3H3/t13-/m1/s1. The number of ether oxygens (including phenoxy) is 2. The van der Waals surface area contributed by atoms with Crippen molar-refractivity contribution in [1.82, 2.24) is 4.90 Å². The summed E-state index contributed by atoms with van der Waals surface area (Å²) >= 11 is 0. The smallest absolute Gasteiger partial charge is 0.341 e. The third kappa shape index (κ3) is 4.56. The first-order chi connectivity index (χ1) is 11.9. The van der Waals surface area contributed by atoms with Crippen LogP contribution in [0.1, 0.15) is 28.9 Å². The van der Waals surface area contributed by atoms with Crippen LogP contribution >= 0.6 is 0 Å². The fourth-order valence-electron chi connectivity index (χ4n) is 2.29. The molecule has 0 aliphatic carbocycles. The minimum atomic E-state index is -0.531. The zero-order valence-corrected chi connectivity index (χ0v) is 14.4. The van der Waals surface area contributed by atoms with Crippen molar-refractivity contribution in [2.45, 2.75) is 13.0 Å². The van der Waals surface area contributed by atoms with E-state index in [2.05, 4.69) is 0 Å². The van der Waals surface area contributed by atoms with Crippen LogP contribution in [0.4, 0.5) is 4.39 Å². The van der Waals surface area contributed by atoms with Crippen LogP contribution < -0.4 is 4.74 Å². The van der Waals surface area contributed by atoms with Gasteiger partial charge in [-0.15, -0.1) is 0 Å². The number of hydrogen-bond acceptors (Lipinski definition) is 4. The molecule has 5 nitrogen and oxygen atoms in total. The first-order valence-electron chi connectivity index (χ1n) is 7.75. The molecule has 2 aromatic carbocycles. The van der Waals surface area contributed by atoms with Gasteiger partial charge >= 0.3 is 5.97 Å². The van der Waals surface area contributed by atoms with Gasteiger partial charge in [0.2, 0.25) is 0 Å². The molecule has 0 aliphatic rings. The molecule has 0 saturated heterocycles. The summed E-state index contributed by atoms with van der Waals surface area (Å²) in [5.74, 6) is -0.842. The van der Waals surface area contributed by atoms with Gasteiger partial charge in [-0.2, -0.15) is 0 Å². The minimum absolute atomic E-state index is 0.226. The van der Waals surface area contributed by atoms with E-state index in [-0.39, 0.29) is 35.7 Å². The van der Waals surface area contributed by atoms with Crippen LogP contribution in [0.15, 0.2) is 48.5 Å². The quantitative estimate of drug-likeness (QED) is 0.755. The molecule has 6 heteroatoms. The van der Waals surface area contributed by atoms with Crippen molar-refractivity contribution in [2.75, 3.05) is 20.8 Å². The Balaban J connectivity index is 2.02. The molecule has 0 unspecified atom stereocenters. The maximum absolute atomic E-state index is 13.0. The Bertz CT molecular complexity index is 745. The summed E-state index contributed by atoms with van der Waals surface area (Å²) < 4.78 is 23.2. The lowest BCUT2D eigenvalue weighted by Gasteiger charge is -2.25. The summed E-state index contributed by atoms with van der Waals surface area (Å²) in [4.78, 5) is 25.6. The van der Waals surface area contributed by atoms with Gasteiger partial charge in [-0.25, -0.2) is 9.18 Å². The molecule has 0 spiro atoms. The van der Waals surface area contributed by atoms with Gasteiger partial charge in [0.25, 0.3) is 5.91 Å². The second kappa shape index (κ2) is 8.28. The monoisotopic (exact) mass is 345 g/mol. The van der Waals surface area contributed by atoms with Gasteiger partial charge in [0.15, 0.2) is 6.61 Å². The number of nitrogens with zero attached hydrogens (tertiary/aromatic N) is 1.